The fourth-order valence-electron chi connectivity index (χ4n) is 2.70. The van der Waals surface area contributed by atoms with Crippen molar-refractivity contribution in [2.45, 2.75) is 57.6 Å². The van der Waals surface area contributed by atoms with E-state index < -0.39 is 6.04 Å². The lowest BCUT2D eigenvalue weighted by Crippen LogP contribution is -2.50. The average molecular weight is 433 g/mol. The molecule has 2 amide bonds. The highest BCUT2D eigenvalue weighted by Gasteiger charge is 2.26. The Morgan fingerprint density at radius 2 is 1.69 bits per heavy atom. The number of nitrogens with zero attached hydrogens (tertiary/aromatic N) is 1. The molecule has 156 valence electrons. The molecular weight excluding hydrogens is 404 g/mol. The smallest absolute Gasteiger partial charge is 0.242 e. The van der Waals surface area contributed by atoms with Crippen LogP contribution in [0.5, 0.6) is 0 Å². The maximum atomic E-state index is 13.1. The van der Waals surface area contributed by atoms with Gasteiger partial charge < -0.3 is 10.2 Å². The number of hydrogen-bond donors (Lipinski definition) is 1. The number of nitrogens with one attached hydrogen (secondary N) is 1. The number of carbonyl (C=O) groups excluding carboxylic acids is 2. The predicted molar refractivity (Wildman–Crippen MR) is 121 cm³/mol. The van der Waals surface area contributed by atoms with Crippen molar-refractivity contribution in [3.8, 4) is 0 Å². The monoisotopic (exact) mass is 432 g/mol. The molecule has 0 saturated heterocycles. The largest absolute Gasteiger partial charge is 0.352 e. The van der Waals surface area contributed by atoms with Crippen LogP contribution < -0.4 is 5.32 Å². The average Bonchev–Trinajstić information content (AvgIpc) is 2.72. The van der Waals surface area contributed by atoms with Gasteiger partial charge in [-0.2, -0.15) is 0 Å². The van der Waals surface area contributed by atoms with Crippen LogP contribution in [-0.4, -0.2) is 34.6 Å². The van der Waals surface area contributed by atoms with E-state index in [0.717, 1.165) is 22.4 Å². The highest BCUT2D eigenvalue weighted by atomic mass is 35.5. The lowest BCUT2D eigenvalue weighted by atomic mass is 10.1. The van der Waals surface area contributed by atoms with E-state index in [-0.39, 0.29) is 23.6 Å². The molecule has 0 aromatic heterocycles. The Labute approximate surface area is 183 Å². The summed E-state index contributed by atoms with van der Waals surface area (Å²) < 4.78 is 0. The van der Waals surface area contributed by atoms with E-state index in [9.17, 15) is 9.59 Å². The van der Waals surface area contributed by atoms with Crippen molar-refractivity contribution in [2.75, 3.05) is 5.75 Å². The molecule has 0 fully saturated rings. The van der Waals surface area contributed by atoms with Gasteiger partial charge in [-0.3, -0.25) is 9.59 Å². The first-order chi connectivity index (χ1) is 13.8. The topological polar surface area (TPSA) is 49.4 Å². The van der Waals surface area contributed by atoms with Crippen molar-refractivity contribution in [2.24, 2.45) is 0 Å². The number of thioether (sulfide) groups is 1. The first-order valence-corrected chi connectivity index (χ1v) is 11.2. The molecule has 0 unspecified atom stereocenters. The molecule has 2 atom stereocenters. The summed E-state index contributed by atoms with van der Waals surface area (Å²) in [6, 6.07) is 15.0. The molecule has 0 aliphatic rings. The Hall–Kier alpha value is -1.98. The highest BCUT2D eigenvalue weighted by molar-refractivity contribution is 8.00. The first kappa shape index (κ1) is 23.3. The van der Waals surface area contributed by atoms with Crippen LogP contribution in [-0.2, 0) is 16.1 Å². The summed E-state index contributed by atoms with van der Waals surface area (Å²) in [5.74, 6) is 0.0580. The lowest BCUT2D eigenvalue weighted by Gasteiger charge is -2.29. The van der Waals surface area contributed by atoms with Crippen LogP contribution in [0.25, 0.3) is 0 Å². The standard InChI is InChI=1S/C23H29ClN2O2S/c1-5-17(3)25-23(28)18(4)26(14-19-8-6-16(2)7-9-19)22(27)15-29-21-12-10-20(24)11-13-21/h6-13,17-18H,5,14-15H2,1-4H3,(H,25,28)/t17-,18+/m1/s1. The number of rotatable bonds is 9. The van der Waals surface area contributed by atoms with Crippen LogP contribution in [0.3, 0.4) is 0 Å². The Morgan fingerprint density at radius 3 is 2.28 bits per heavy atom. The summed E-state index contributed by atoms with van der Waals surface area (Å²) >= 11 is 7.37. The molecule has 0 radical (unpaired) electrons. The number of carbonyl (C=O) groups is 2. The minimum absolute atomic E-state index is 0.0719. The van der Waals surface area contributed by atoms with E-state index in [4.69, 9.17) is 11.6 Å². The Bertz CT molecular complexity index is 809. The summed E-state index contributed by atoms with van der Waals surface area (Å²) in [6.45, 7) is 8.20. The lowest BCUT2D eigenvalue weighted by molar-refractivity contribution is -0.138. The van der Waals surface area contributed by atoms with Crippen LogP contribution in [0.15, 0.2) is 53.4 Å². The number of amides is 2. The third kappa shape index (κ3) is 7.41. The van der Waals surface area contributed by atoms with Crippen LogP contribution in [0.4, 0.5) is 0 Å². The zero-order valence-corrected chi connectivity index (χ0v) is 19.0. The summed E-state index contributed by atoms with van der Waals surface area (Å²) in [5.41, 5.74) is 2.16. The second kappa shape index (κ2) is 11.3. The van der Waals surface area contributed by atoms with Gasteiger partial charge in [-0.1, -0.05) is 48.4 Å². The van der Waals surface area contributed by atoms with Crippen molar-refractivity contribution >= 4 is 35.2 Å². The fourth-order valence-corrected chi connectivity index (χ4v) is 3.61. The Kier molecular flexibility index (Phi) is 9.05. The summed E-state index contributed by atoms with van der Waals surface area (Å²) in [4.78, 5) is 28.4. The van der Waals surface area contributed by atoms with Gasteiger partial charge in [0.25, 0.3) is 0 Å². The minimum atomic E-state index is -0.552. The van der Waals surface area contributed by atoms with Crippen molar-refractivity contribution in [3.63, 3.8) is 0 Å². The molecule has 0 bridgehead atoms. The van der Waals surface area contributed by atoms with Gasteiger partial charge in [0.15, 0.2) is 0 Å². The second-order valence-electron chi connectivity index (χ2n) is 7.24. The molecular formula is C23H29ClN2O2S. The van der Waals surface area contributed by atoms with Crippen LogP contribution in [0.2, 0.25) is 5.02 Å². The number of benzene rings is 2. The SMILES string of the molecule is CC[C@@H](C)NC(=O)[C@H](C)N(Cc1ccc(C)cc1)C(=O)CSc1ccc(Cl)cc1. The first-order valence-electron chi connectivity index (χ1n) is 9.84. The van der Waals surface area contributed by atoms with Gasteiger partial charge in [-0.15, -0.1) is 11.8 Å². The number of aryl methyl sites for hydroxylation is 1. The quantitative estimate of drug-likeness (QED) is 0.562. The minimum Gasteiger partial charge on any atom is -0.352 e. The molecule has 2 rings (SSSR count). The highest BCUT2D eigenvalue weighted by Crippen LogP contribution is 2.22. The maximum absolute atomic E-state index is 13.1. The van der Waals surface area contributed by atoms with E-state index >= 15 is 0 Å². The fraction of sp³-hybridized carbons (Fsp3) is 0.391. The molecule has 1 N–H and O–H groups in total. The van der Waals surface area contributed by atoms with E-state index in [1.165, 1.54) is 11.8 Å². The van der Waals surface area contributed by atoms with E-state index in [0.29, 0.717) is 11.6 Å². The third-order valence-electron chi connectivity index (χ3n) is 4.82. The van der Waals surface area contributed by atoms with Gasteiger partial charge >= 0.3 is 0 Å². The zero-order valence-electron chi connectivity index (χ0n) is 17.4. The summed E-state index contributed by atoms with van der Waals surface area (Å²) in [6.07, 6.45) is 0.844. The van der Waals surface area contributed by atoms with Crippen molar-refractivity contribution in [3.05, 3.63) is 64.7 Å². The molecule has 2 aromatic rings. The van der Waals surface area contributed by atoms with Gasteiger partial charge in [-0.25, -0.2) is 0 Å². The molecule has 0 saturated carbocycles. The third-order valence-corrected chi connectivity index (χ3v) is 6.07. The number of hydrogen-bond acceptors (Lipinski definition) is 3. The van der Waals surface area contributed by atoms with Crippen LogP contribution in [0, 0.1) is 6.92 Å². The Morgan fingerprint density at radius 1 is 1.07 bits per heavy atom. The van der Waals surface area contributed by atoms with Crippen molar-refractivity contribution < 1.29 is 9.59 Å². The molecule has 0 spiro atoms. The molecule has 2 aromatic carbocycles. The summed E-state index contributed by atoms with van der Waals surface area (Å²) in [5, 5.41) is 3.65. The van der Waals surface area contributed by atoms with Gasteiger partial charge in [0.05, 0.1) is 5.75 Å². The van der Waals surface area contributed by atoms with E-state index in [2.05, 4.69) is 5.32 Å². The second-order valence-corrected chi connectivity index (χ2v) is 8.73. The summed E-state index contributed by atoms with van der Waals surface area (Å²) in [7, 11) is 0. The van der Waals surface area contributed by atoms with Gasteiger partial charge in [0.1, 0.15) is 6.04 Å². The maximum Gasteiger partial charge on any atom is 0.242 e. The predicted octanol–water partition coefficient (Wildman–Crippen LogP) is 5.07. The van der Waals surface area contributed by atoms with Crippen molar-refractivity contribution in [1.82, 2.24) is 10.2 Å². The van der Waals surface area contributed by atoms with E-state index in [1.807, 2.05) is 57.2 Å². The normalized spacial score (nSPS) is 12.9. The molecule has 6 heteroatoms. The van der Waals surface area contributed by atoms with Gasteiger partial charge in [0, 0.05) is 22.5 Å². The zero-order chi connectivity index (χ0) is 21.4. The number of halogens is 1. The molecule has 29 heavy (non-hydrogen) atoms. The van der Waals surface area contributed by atoms with Crippen molar-refractivity contribution in [1.29, 1.82) is 0 Å². The van der Waals surface area contributed by atoms with Gasteiger partial charge in [0.2, 0.25) is 11.8 Å². The molecule has 0 heterocycles. The molecule has 4 nitrogen and oxygen atoms in total. The molecule has 0 aliphatic carbocycles. The Balaban J connectivity index is 2.13. The van der Waals surface area contributed by atoms with Crippen LogP contribution >= 0.6 is 23.4 Å². The van der Waals surface area contributed by atoms with Gasteiger partial charge in [-0.05, 0) is 57.0 Å². The van der Waals surface area contributed by atoms with E-state index in [1.54, 1.807) is 24.0 Å². The molecule has 0 aliphatic heterocycles. The van der Waals surface area contributed by atoms with Crippen LogP contribution in [0.1, 0.15) is 38.3 Å².